The zero-order valence-electron chi connectivity index (χ0n) is 19.2. The molecule has 0 spiro atoms. The van der Waals surface area contributed by atoms with Gasteiger partial charge in [0.2, 0.25) is 21.8 Å². The summed E-state index contributed by atoms with van der Waals surface area (Å²) in [7, 11) is -3.60. The molecular formula is C25H31N3O4S. The van der Waals surface area contributed by atoms with Crippen molar-refractivity contribution in [3.63, 3.8) is 0 Å². The van der Waals surface area contributed by atoms with Crippen LogP contribution < -0.4 is 10.2 Å². The lowest BCUT2D eigenvalue weighted by Gasteiger charge is -2.33. The number of piperidine rings is 1. The van der Waals surface area contributed by atoms with Gasteiger partial charge in [0.1, 0.15) is 6.54 Å². The van der Waals surface area contributed by atoms with E-state index in [1.54, 1.807) is 22.5 Å². The Kier molecular flexibility index (Phi) is 6.86. The molecule has 33 heavy (non-hydrogen) atoms. The third-order valence-corrected chi connectivity index (χ3v) is 8.53. The largest absolute Gasteiger partial charge is 0.325 e. The van der Waals surface area contributed by atoms with Crippen molar-refractivity contribution in [2.75, 3.05) is 23.3 Å². The molecular weight excluding hydrogens is 438 g/mol. The summed E-state index contributed by atoms with van der Waals surface area (Å²) in [6, 6.07) is 12.5. The van der Waals surface area contributed by atoms with Crippen LogP contribution in [0.5, 0.6) is 0 Å². The molecule has 0 saturated carbocycles. The molecule has 7 nitrogen and oxygen atoms in total. The van der Waals surface area contributed by atoms with Gasteiger partial charge in [0.25, 0.3) is 0 Å². The maximum atomic E-state index is 13.2. The fourth-order valence-corrected chi connectivity index (χ4v) is 6.40. The van der Waals surface area contributed by atoms with Crippen molar-refractivity contribution in [3.8, 4) is 0 Å². The second kappa shape index (κ2) is 9.65. The Labute approximate surface area is 195 Å². The van der Waals surface area contributed by atoms with E-state index in [0.717, 1.165) is 36.8 Å². The molecule has 1 atom stereocenters. The van der Waals surface area contributed by atoms with Crippen LogP contribution in [0.1, 0.15) is 50.7 Å². The number of hydrogen-bond donors (Lipinski definition) is 1. The quantitative estimate of drug-likeness (QED) is 0.698. The summed E-state index contributed by atoms with van der Waals surface area (Å²) in [6.07, 6.45) is 4.34. The van der Waals surface area contributed by atoms with E-state index in [-0.39, 0.29) is 35.7 Å². The molecule has 0 aliphatic carbocycles. The predicted octanol–water partition coefficient (Wildman–Crippen LogP) is 3.73. The Morgan fingerprint density at radius 1 is 1.12 bits per heavy atom. The molecule has 0 unspecified atom stereocenters. The molecule has 2 amide bonds. The highest BCUT2D eigenvalue weighted by molar-refractivity contribution is 7.89. The van der Waals surface area contributed by atoms with Crippen LogP contribution in [0.15, 0.2) is 47.4 Å². The van der Waals surface area contributed by atoms with Gasteiger partial charge < -0.3 is 10.2 Å². The molecule has 2 aromatic carbocycles. The zero-order valence-corrected chi connectivity index (χ0v) is 20.0. The maximum absolute atomic E-state index is 13.2. The first-order valence-corrected chi connectivity index (χ1v) is 13.1. The number of hydrogen-bond acceptors (Lipinski definition) is 4. The number of sulfonamides is 1. The maximum Gasteiger partial charge on any atom is 0.244 e. The molecule has 2 aliphatic heterocycles. The monoisotopic (exact) mass is 469 g/mol. The minimum atomic E-state index is -3.60. The topological polar surface area (TPSA) is 86.8 Å². The van der Waals surface area contributed by atoms with Gasteiger partial charge in [-0.05, 0) is 74.1 Å². The van der Waals surface area contributed by atoms with E-state index in [1.165, 1.54) is 4.90 Å². The Bertz CT molecular complexity index is 1160. The Balaban J connectivity index is 1.54. The number of anilines is 2. The van der Waals surface area contributed by atoms with Crippen molar-refractivity contribution >= 4 is 33.2 Å². The van der Waals surface area contributed by atoms with Crippen molar-refractivity contribution in [2.45, 2.75) is 63.3 Å². The lowest BCUT2D eigenvalue weighted by Crippen LogP contribution is -2.42. The Morgan fingerprint density at radius 2 is 1.94 bits per heavy atom. The van der Waals surface area contributed by atoms with Crippen molar-refractivity contribution in [1.29, 1.82) is 0 Å². The predicted molar refractivity (Wildman–Crippen MR) is 129 cm³/mol. The number of rotatable bonds is 6. The van der Waals surface area contributed by atoms with Gasteiger partial charge in [-0.3, -0.25) is 9.59 Å². The standard InChI is InChI=1S/C25H31N3O4S/c1-3-19-8-6-9-21(15-19)26-24(29)17-27-23-12-11-22(16-20(23)10-13-25(27)30)33(31,32)28-14-5-4-7-18(28)2/h6,8-9,11-12,15-16,18H,3-5,7,10,13-14,17H2,1-2H3,(H,26,29)/t18-/m1/s1. The van der Waals surface area contributed by atoms with E-state index in [0.29, 0.717) is 24.3 Å². The molecule has 1 saturated heterocycles. The molecule has 2 aromatic rings. The Morgan fingerprint density at radius 3 is 2.70 bits per heavy atom. The zero-order chi connectivity index (χ0) is 23.6. The van der Waals surface area contributed by atoms with Gasteiger partial charge in [-0.25, -0.2) is 8.42 Å². The minimum Gasteiger partial charge on any atom is -0.325 e. The van der Waals surface area contributed by atoms with Crippen molar-refractivity contribution in [1.82, 2.24) is 4.31 Å². The third-order valence-electron chi connectivity index (χ3n) is 6.52. The van der Waals surface area contributed by atoms with Crippen LogP contribution in [0.2, 0.25) is 0 Å². The Hall–Kier alpha value is -2.71. The summed E-state index contributed by atoms with van der Waals surface area (Å²) >= 11 is 0. The number of nitrogens with zero attached hydrogens (tertiary/aromatic N) is 2. The smallest absolute Gasteiger partial charge is 0.244 e. The molecule has 1 N–H and O–H groups in total. The number of benzene rings is 2. The average molecular weight is 470 g/mol. The highest BCUT2D eigenvalue weighted by Crippen LogP contribution is 2.32. The van der Waals surface area contributed by atoms with Crippen molar-refractivity contribution in [3.05, 3.63) is 53.6 Å². The lowest BCUT2D eigenvalue weighted by molar-refractivity contribution is -0.121. The summed E-state index contributed by atoms with van der Waals surface area (Å²) in [5.41, 5.74) is 3.19. The molecule has 2 heterocycles. The van der Waals surface area contributed by atoms with Crippen LogP contribution in [-0.4, -0.2) is 43.7 Å². The fourth-order valence-electron chi connectivity index (χ4n) is 4.65. The van der Waals surface area contributed by atoms with Gasteiger partial charge in [0.15, 0.2) is 0 Å². The van der Waals surface area contributed by atoms with E-state index >= 15 is 0 Å². The summed E-state index contributed by atoms with van der Waals surface area (Å²) in [4.78, 5) is 27.0. The van der Waals surface area contributed by atoms with Gasteiger partial charge >= 0.3 is 0 Å². The molecule has 0 radical (unpaired) electrons. The van der Waals surface area contributed by atoms with Crippen LogP contribution in [0.25, 0.3) is 0 Å². The van der Waals surface area contributed by atoms with Crippen LogP contribution in [-0.2, 0) is 32.5 Å². The molecule has 4 rings (SSSR count). The molecule has 2 aliphatic rings. The number of amides is 2. The van der Waals surface area contributed by atoms with Crippen molar-refractivity contribution < 1.29 is 18.0 Å². The normalized spacial score (nSPS) is 19.3. The second-order valence-corrected chi connectivity index (χ2v) is 10.7. The number of fused-ring (bicyclic) bond motifs is 1. The van der Waals surface area contributed by atoms with E-state index in [9.17, 15) is 18.0 Å². The third kappa shape index (κ3) is 4.96. The number of aryl methyl sites for hydroxylation is 2. The summed E-state index contributed by atoms with van der Waals surface area (Å²) < 4.78 is 28.1. The van der Waals surface area contributed by atoms with Gasteiger partial charge in [-0.2, -0.15) is 4.31 Å². The SMILES string of the molecule is CCc1cccc(NC(=O)CN2C(=O)CCc3cc(S(=O)(=O)N4CCCC[C@H]4C)ccc32)c1. The lowest BCUT2D eigenvalue weighted by atomic mass is 10.0. The molecule has 1 fully saturated rings. The first-order valence-electron chi connectivity index (χ1n) is 11.6. The number of nitrogens with one attached hydrogen (secondary N) is 1. The van der Waals surface area contributed by atoms with Crippen molar-refractivity contribution in [2.24, 2.45) is 0 Å². The van der Waals surface area contributed by atoms with E-state index in [4.69, 9.17) is 0 Å². The summed E-state index contributed by atoms with van der Waals surface area (Å²) in [5, 5.41) is 2.86. The van der Waals surface area contributed by atoms with Gasteiger partial charge in [-0.15, -0.1) is 0 Å². The van der Waals surface area contributed by atoms with Gasteiger partial charge in [0, 0.05) is 30.4 Å². The summed E-state index contributed by atoms with van der Waals surface area (Å²) in [5.74, 6) is -0.427. The highest BCUT2D eigenvalue weighted by atomic mass is 32.2. The number of carbonyl (C=O) groups is 2. The van der Waals surface area contributed by atoms with Crippen LogP contribution in [0.4, 0.5) is 11.4 Å². The van der Waals surface area contributed by atoms with Gasteiger partial charge in [-0.1, -0.05) is 25.5 Å². The van der Waals surface area contributed by atoms with E-state index < -0.39 is 10.0 Å². The van der Waals surface area contributed by atoms with E-state index in [1.807, 2.05) is 38.1 Å². The second-order valence-electron chi connectivity index (χ2n) is 8.83. The van der Waals surface area contributed by atoms with Gasteiger partial charge in [0.05, 0.1) is 4.90 Å². The van der Waals surface area contributed by atoms with Crippen LogP contribution in [0, 0.1) is 0 Å². The summed E-state index contributed by atoms with van der Waals surface area (Å²) in [6.45, 7) is 4.41. The molecule has 0 bridgehead atoms. The first-order chi connectivity index (χ1) is 15.8. The first kappa shape index (κ1) is 23.4. The van der Waals surface area contributed by atoms with E-state index in [2.05, 4.69) is 5.32 Å². The fraction of sp³-hybridized carbons (Fsp3) is 0.440. The number of carbonyl (C=O) groups excluding carboxylic acids is 2. The molecule has 176 valence electrons. The highest BCUT2D eigenvalue weighted by Gasteiger charge is 2.33. The molecule has 8 heteroatoms. The average Bonchev–Trinajstić information content (AvgIpc) is 2.81. The molecule has 0 aromatic heterocycles. The van der Waals surface area contributed by atoms with Crippen LogP contribution in [0.3, 0.4) is 0 Å². The van der Waals surface area contributed by atoms with Crippen LogP contribution >= 0.6 is 0 Å². The minimum absolute atomic E-state index is 0.0206.